The molecule has 0 amide bonds. The summed E-state index contributed by atoms with van der Waals surface area (Å²) >= 11 is 0. The van der Waals surface area contributed by atoms with Crippen molar-refractivity contribution in [3.8, 4) is 0 Å². The lowest BCUT2D eigenvalue weighted by molar-refractivity contribution is -0.749. The molecule has 0 saturated carbocycles. The van der Waals surface area contributed by atoms with Gasteiger partial charge in [-0.1, -0.05) is 24.3 Å². The maximum atomic E-state index is 13.4. The van der Waals surface area contributed by atoms with Gasteiger partial charge in [-0.15, -0.1) is 4.68 Å². The Morgan fingerprint density at radius 3 is 2.37 bits per heavy atom. The number of benzene rings is 2. The third kappa shape index (κ3) is 4.01. The molecule has 11 nitrogen and oxygen atoms in total. The molecule has 2 aromatic carbocycles. The summed E-state index contributed by atoms with van der Waals surface area (Å²) in [5, 5.41) is 27.5. The number of nitrogens with zero attached hydrogens (tertiary/aromatic N) is 6. The number of nitro groups is 1. The second kappa shape index (κ2) is 8.87. The van der Waals surface area contributed by atoms with Crippen LogP contribution in [0.15, 0.2) is 42.5 Å². The fraction of sp³-hybridized carbons (Fsp3) is 0.304. The lowest BCUT2D eigenvalue weighted by Gasteiger charge is -2.35. The van der Waals surface area contributed by atoms with Gasteiger partial charge in [0.05, 0.1) is 17.5 Å². The number of fused-ring (bicyclic) bond motifs is 2. The quantitative estimate of drug-likeness (QED) is 0.176. The molecule has 1 aliphatic heterocycles. The summed E-state index contributed by atoms with van der Waals surface area (Å²) < 4.78 is 14.6. The van der Waals surface area contributed by atoms with Crippen molar-refractivity contribution in [3.05, 3.63) is 86.1 Å². The second-order valence-electron chi connectivity index (χ2n) is 8.45. The van der Waals surface area contributed by atoms with Crippen LogP contribution in [-0.2, 0) is 6.54 Å². The second-order valence-corrected chi connectivity index (χ2v) is 8.45. The van der Waals surface area contributed by atoms with Crippen molar-refractivity contribution in [1.82, 2.24) is 14.7 Å². The monoisotopic (exact) mass is 480 g/mol. The van der Waals surface area contributed by atoms with Crippen molar-refractivity contribution in [2.45, 2.75) is 13.0 Å². The minimum atomic E-state index is -0.653. The van der Waals surface area contributed by atoms with Gasteiger partial charge in [-0.25, -0.2) is 4.39 Å². The number of carbonyl (C=O) groups excluding carboxylic acids is 2. The number of nitro benzene ring substituents is 1. The van der Waals surface area contributed by atoms with E-state index in [1.165, 1.54) is 16.8 Å². The normalized spacial score (nSPS) is 15.7. The van der Waals surface area contributed by atoms with Crippen LogP contribution in [0.3, 0.4) is 0 Å². The molecule has 5 rings (SSSR count). The Balaban J connectivity index is 1.22. The molecule has 3 aromatic rings. The number of piperazine rings is 1. The molecule has 2 heterocycles. The number of carbonyl (C=O) groups is 2. The van der Waals surface area contributed by atoms with Gasteiger partial charge in [0.15, 0.2) is 5.69 Å². The lowest BCUT2D eigenvalue weighted by atomic mass is 9.90. The smallest absolute Gasteiger partial charge is 0.295 e. The van der Waals surface area contributed by atoms with E-state index in [9.17, 15) is 29.3 Å². The van der Waals surface area contributed by atoms with Gasteiger partial charge in [0.1, 0.15) is 11.5 Å². The molecule has 0 unspecified atom stereocenters. The Kier molecular flexibility index (Phi) is 5.73. The van der Waals surface area contributed by atoms with Gasteiger partial charge >= 0.3 is 0 Å². The van der Waals surface area contributed by atoms with Gasteiger partial charge in [-0.3, -0.25) is 24.6 Å². The number of hydrogen-bond acceptors (Lipinski definition) is 8. The largest absolute Gasteiger partial charge is 0.571 e. The zero-order chi connectivity index (χ0) is 24.7. The Morgan fingerprint density at radius 2 is 1.69 bits per heavy atom. The minimum absolute atomic E-state index is 0.0112. The molecule has 0 atom stereocenters. The summed E-state index contributed by atoms with van der Waals surface area (Å²) in [6.45, 7) is 3.12. The van der Waals surface area contributed by atoms with E-state index in [2.05, 4.69) is 10.00 Å². The molecular weight excluding hydrogens is 459 g/mol. The SMILES string of the molecule is O=C1c2ccccc2C(=O)c2c1n[n+]([O-])n2CCCN1CCN(c2ccc(F)cc2[N+](=O)[O-])CC1. The Bertz CT molecular complexity index is 1350. The maximum Gasteiger partial charge on any atom is 0.295 e. The van der Waals surface area contributed by atoms with Crippen LogP contribution < -0.4 is 9.86 Å². The summed E-state index contributed by atoms with van der Waals surface area (Å²) in [6, 6.07) is 10.0. The van der Waals surface area contributed by atoms with E-state index in [1.807, 2.05) is 4.90 Å². The van der Waals surface area contributed by atoms with E-state index in [0.717, 1.165) is 6.07 Å². The predicted molar refractivity (Wildman–Crippen MR) is 121 cm³/mol. The van der Waals surface area contributed by atoms with E-state index < -0.39 is 22.3 Å². The topological polar surface area (TPSA) is 129 Å². The van der Waals surface area contributed by atoms with Crippen LogP contribution >= 0.6 is 0 Å². The first-order valence-electron chi connectivity index (χ1n) is 11.2. The third-order valence-electron chi connectivity index (χ3n) is 6.41. The van der Waals surface area contributed by atoms with Gasteiger partial charge in [0.2, 0.25) is 17.3 Å². The average Bonchev–Trinajstić information content (AvgIpc) is 3.19. The fourth-order valence-electron chi connectivity index (χ4n) is 4.67. The number of ketones is 2. The molecule has 180 valence electrons. The first kappa shape index (κ1) is 22.6. The summed E-state index contributed by atoms with van der Waals surface area (Å²) in [5.41, 5.74) is 0.517. The Hall–Kier alpha value is -4.19. The van der Waals surface area contributed by atoms with Crippen LogP contribution in [0.4, 0.5) is 15.8 Å². The fourth-order valence-corrected chi connectivity index (χ4v) is 4.67. The predicted octanol–water partition coefficient (Wildman–Crippen LogP) is 1.55. The van der Waals surface area contributed by atoms with E-state index in [4.69, 9.17) is 0 Å². The van der Waals surface area contributed by atoms with Crippen LogP contribution in [0, 0.1) is 21.1 Å². The van der Waals surface area contributed by atoms with E-state index in [-0.39, 0.29) is 34.7 Å². The Morgan fingerprint density at radius 1 is 1.00 bits per heavy atom. The average molecular weight is 480 g/mol. The minimum Gasteiger partial charge on any atom is -0.571 e. The van der Waals surface area contributed by atoms with Crippen molar-refractivity contribution in [2.24, 2.45) is 0 Å². The molecule has 2 aliphatic rings. The molecule has 1 saturated heterocycles. The van der Waals surface area contributed by atoms with Crippen molar-refractivity contribution in [1.29, 1.82) is 0 Å². The summed E-state index contributed by atoms with van der Waals surface area (Å²) in [5.74, 6) is -1.49. The molecule has 1 aliphatic carbocycles. The van der Waals surface area contributed by atoms with Crippen LogP contribution in [0.1, 0.15) is 38.5 Å². The maximum absolute atomic E-state index is 13.4. The number of hydrogen-bond donors (Lipinski definition) is 0. The van der Waals surface area contributed by atoms with Gasteiger partial charge in [-0.05, 0) is 18.6 Å². The van der Waals surface area contributed by atoms with Gasteiger partial charge in [0, 0.05) is 53.9 Å². The highest BCUT2D eigenvalue weighted by Crippen LogP contribution is 2.30. The molecule has 0 bridgehead atoms. The van der Waals surface area contributed by atoms with E-state index in [1.54, 1.807) is 24.3 Å². The van der Waals surface area contributed by atoms with Crippen LogP contribution in [0.2, 0.25) is 0 Å². The third-order valence-corrected chi connectivity index (χ3v) is 6.41. The van der Waals surface area contributed by atoms with E-state index in [0.29, 0.717) is 49.8 Å². The molecule has 1 aromatic heterocycles. The first-order chi connectivity index (χ1) is 16.8. The Labute approximate surface area is 198 Å². The van der Waals surface area contributed by atoms with Crippen molar-refractivity contribution in [2.75, 3.05) is 37.6 Å². The number of anilines is 1. The van der Waals surface area contributed by atoms with Crippen LogP contribution in [0.25, 0.3) is 0 Å². The zero-order valence-corrected chi connectivity index (χ0v) is 18.6. The lowest BCUT2D eigenvalue weighted by Crippen LogP contribution is -2.47. The molecular formula is C23H21FN6O5. The molecule has 0 N–H and O–H groups in total. The summed E-state index contributed by atoms with van der Waals surface area (Å²) in [4.78, 5) is 40.7. The van der Waals surface area contributed by atoms with Crippen molar-refractivity contribution in [3.63, 3.8) is 0 Å². The van der Waals surface area contributed by atoms with Gasteiger partial charge < -0.3 is 10.1 Å². The van der Waals surface area contributed by atoms with E-state index >= 15 is 0 Å². The number of halogens is 1. The van der Waals surface area contributed by atoms with Gasteiger partial charge in [-0.2, -0.15) is 0 Å². The van der Waals surface area contributed by atoms with Crippen molar-refractivity contribution < 1.29 is 23.9 Å². The standard InChI is InChI=1S/C23H21FN6O5/c24-15-6-7-18(19(14-15)29(33)34)27-12-10-26(11-13-27)8-3-9-28-21-20(25-30(28)35)22(31)16-4-1-2-5-17(16)23(21)32/h1-2,4-7,14H,3,8-13H2. The highest BCUT2D eigenvalue weighted by atomic mass is 19.1. The van der Waals surface area contributed by atoms with Crippen LogP contribution in [-0.4, -0.2) is 63.9 Å². The van der Waals surface area contributed by atoms with Crippen molar-refractivity contribution >= 4 is 22.9 Å². The summed E-state index contributed by atoms with van der Waals surface area (Å²) in [6.07, 6.45) is 0.533. The molecule has 12 heteroatoms. The highest BCUT2D eigenvalue weighted by Gasteiger charge is 2.39. The molecule has 35 heavy (non-hydrogen) atoms. The highest BCUT2D eigenvalue weighted by molar-refractivity contribution is 6.26. The molecule has 0 spiro atoms. The first-order valence-corrected chi connectivity index (χ1v) is 11.2. The zero-order valence-electron chi connectivity index (χ0n) is 18.6. The van der Waals surface area contributed by atoms with Crippen LogP contribution in [0.5, 0.6) is 0 Å². The number of aromatic nitrogens is 3. The van der Waals surface area contributed by atoms with Gasteiger partial charge in [0.25, 0.3) is 5.69 Å². The molecule has 0 radical (unpaired) electrons. The number of rotatable bonds is 6. The summed E-state index contributed by atoms with van der Waals surface area (Å²) in [7, 11) is 0. The molecule has 1 fully saturated rings.